The molecule has 6 heteroatoms. The Morgan fingerprint density at radius 3 is 3.10 bits per heavy atom. The van der Waals surface area contributed by atoms with Crippen LogP contribution in [-0.4, -0.2) is 23.1 Å². The van der Waals surface area contributed by atoms with Crippen molar-refractivity contribution < 1.29 is 4.74 Å². The Bertz CT molecular complexity index is 700. The lowest BCUT2D eigenvalue weighted by atomic mass is 10.1. The summed E-state index contributed by atoms with van der Waals surface area (Å²) in [4.78, 5) is 18.3. The highest BCUT2D eigenvalue weighted by molar-refractivity contribution is 6.31. The summed E-state index contributed by atoms with van der Waals surface area (Å²) in [5.41, 5.74) is 1.53. The fourth-order valence-electron chi connectivity index (χ4n) is 2.40. The quantitative estimate of drug-likeness (QED) is 0.910. The summed E-state index contributed by atoms with van der Waals surface area (Å²) in [6.07, 6.45) is 2.47. The second kappa shape index (κ2) is 6.18. The average Bonchev–Trinajstić information content (AvgIpc) is 2.49. The molecule has 110 valence electrons. The number of rotatable bonds is 4. The van der Waals surface area contributed by atoms with Gasteiger partial charge in [0.05, 0.1) is 12.3 Å². The van der Waals surface area contributed by atoms with Gasteiger partial charge in [-0.3, -0.25) is 0 Å². The zero-order chi connectivity index (χ0) is 14.7. The predicted molar refractivity (Wildman–Crippen MR) is 82.3 cm³/mol. The van der Waals surface area contributed by atoms with Gasteiger partial charge in [-0.05, 0) is 30.9 Å². The predicted octanol–water partition coefficient (Wildman–Crippen LogP) is 2.40. The molecule has 0 atom stereocenters. The van der Waals surface area contributed by atoms with Gasteiger partial charge in [-0.1, -0.05) is 29.8 Å². The number of aromatic amines is 1. The van der Waals surface area contributed by atoms with Gasteiger partial charge in [-0.25, -0.2) is 4.79 Å². The Balaban J connectivity index is 1.72. The van der Waals surface area contributed by atoms with E-state index < -0.39 is 0 Å². The lowest BCUT2D eigenvalue weighted by molar-refractivity contribution is 0.284. The number of anilines is 1. The molecule has 1 aromatic carbocycles. The van der Waals surface area contributed by atoms with Crippen molar-refractivity contribution in [3.63, 3.8) is 0 Å². The van der Waals surface area contributed by atoms with Crippen molar-refractivity contribution in [3.05, 3.63) is 51.0 Å². The number of nitrogens with one attached hydrogen (secondary N) is 2. The standard InChI is InChI=1S/C15H16ClN3O2/c16-11-5-2-1-4-10(11)7-8-17-14-13-12(6-3-9-21-13)18-15(20)19-14/h1-2,4-5H,3,6-9H2,(H2,17,18,19,20). The molecule has 2 N–H and O–H groups in total. The molecule has 1 aliphatic heterocycles. The minimum absolute atomic E-state index is 0.348. The lowest BCUT2D eigenvalue weighted by Crippen LogP contribution is -2.22. The summed E-state index contributed by atoms with van der Waals surface area (Å²) in [5.74, 6) is 1.18. The molecule has 0 radical (unpaired) electrons. The lowest BCUT2D eigenvalue weighted by Gasteiger charge is -2.19. The van der Waals surface area contributed by atoms with Gasteiger partial charge in [0, 0.05) is 11.6 Å². The van der Waals surface area contributed by atoms with Gasteiger partial charge in [0.25, 0.3) is 0 Å². The Hall–Kier alpha value is -2.01. The summed E-state index contributed by atoms with van der Waals surface area (Å²) < 4.78 is 5.61. The van der Waals surface area contributed by atoms with Crippen LogP contribution in [0.3, 0.4) is 0 Å². The van der Waals surface area contributed by atoms with Gasteiger partial charge in [0.2, 0.25) is 0 Å². The van der Waals surface area contributed by atoms with Crippen LogP contribution in [0.1, 0.15) is 17.7 Å². The number of aromatic nitrogens is 2. The van der Waals surface area contributed by atoms with E-state index in [1.807, 2.05) is 24.3 Å². The van der Waals surface area contributed by atoms with E-state index in [-0.39, 0.29) is 5.69 Å². The molecule has 0 bridgehead atoms. The number of nitrogens with zero attached hydrogens (tertiary/aromatic N) is 1. The van der Waals surface area contributed by atoms with Gasteiger partial charge >= 0.3 is 5.69 Å². The minimum atomic E-state index is -0.348. The maximum Gasteiger partial charge on any atom is 0.347 e. The van der Waals surface area contributed by atoms with E-state index in [1.54, 1.807) is 0 Å². The zero-order valence-electron chi connectivity index (χ0n) is 11.5. The van der Waals surface area contributed by atoms with E-state index in [0.717, 1.165) is 35.5 Å². The molecule has 21 heavy (non-hydrogen) atoms. The van der Waals surface area contributed by atoms with Crippen molar-refractivity contribution in [2.24, 2.45) is 0 Å². The highest BCUT2D eigenvalue weighted by atomic mass is 35.5. The molecule has 0 saturated carbocycles. The van der Waals surface area contributed by atoms with E-state index in [9.17, 15) is 4.79 Å². The van der Waals surface area contributed by atoms with Gasteiger partial charge in [0.15, 0.2) is 11.6 Å². The number of ether oxygens (including phenoxy) is 1. The monoisotopic (exact) mass is 305 g/mol. The molecule has 0 fully saturated rings. The SMILES string of the molecule is O=c1nc(NCCc2ccccc2Cl)c2c([nH]1)CCCO2. The summed E-state index contributed by atoms with van der Waals surface area (Å²) in [6, 6.07) is 7.72. The first kappa shape index (κ1) is 13.9. The summed E-state index contributed by atoms with van der Waals surface area (Å²) >= 11 is 6.12. The van der Waals surface area contributed by atoms with Crippen LogP contribution in [0.25, 0.3) is 0 Å². The number of benzene rings is 1. The van der Waals surface area contributed by atoms with Gasteiger partial charge < -0.3 is 15.0 Å². The number of hydrogen-bond donors (Lipinski definition) is 2. The Kier molecular flexibility index (Phi) is 4.10. The molecular formula is C15H16ClN3O2. The summed E-state index contributed by atoms with van der Waals surface area (Å²) in [7, 11) is 0. The van der Waals surface area contributed by atoms with E-state index >= 15 is 0 Å². The Labute approximate surface area is 127 Å². The van der Waals surface area contributed by atoms with Crippen molar-refractivity contribution >= 4 is 17.4 Å². The third kappa shape index (κ3) is 3.19. The topological polar surface area (TPSA) is 67.0 Å². The molecule has 0 unspecified atom stereocenters. The van der Waals surface area contributed by atoms with Crippen molar-refractivity contribution in [2.75, 3.05) is 18.5 Å². The molecule has 5 nitrogen and oxygen atoms in total. The summed E-state index contributed by atoms with van der Waals surface area (Å²) in [5, 5.41) is 3.92. The van der Waals surface area contributed by atoms with Crippen LogP contribution in [0.5, 0.6) is 5.75 Å². The molecule has 0 spiro atoms. The number of H-pyrrole nitrogens is 1. The molecule has 2 heterocycles. The smallest absolute Gasteiger partial charge is 0.347 e. The first-order valence-electron chi connectivity index (χ1n) is 6.97. The van der Waals surface area contributed by atoms with Crippen molar-refractivity contribution in [1.82, 2.24) is 9.97 Å². The number of halogens is 1. The second-order valence-electron chi connectivity index (χ2n) is 4.92. The van der Waals surface area contributed by atoms with Gasteiger partial charge in [-0.15, -0.1) is 0 Å². The zero-order valence-corrected chi connectivity index (χ0v) is 12.2. The first-order chi connectivity index (χ1) is 10.2. The largest absolute Gasteiger partial charge is 0.488 e. The van der Waals surface area contributed by atoms with E-state index in [4.69, 9.17) is 16.3 Å². The molecule has 1 aromatic heterocycles. The normalized spacial score (nSPS) is 13.4. The third-order valence-corrected chi connectivity index (χ3v) is 3.79. The van der Waals surface area contributed by atoms with Crippen LogP contribution < -0.4 is 15.7 Å². The maximum atomic E-state index is 11.6. The number of aryl methyl sites for hydroxylation is 1. The fraction of sp³-hybridized carbons (Fsp3) is 0.333. The summed E-state index contributed by atoms with van der Waals surface area (Å²) in [6.45, 7) is 1.29. The van der Waals surface area contributed by atoms with Gasteiger partial charge in [0.1, 0.15) is 0 Å². The maximum absolute atomic E-state index is 11.6. The average molecular weight is 306 g/mol. The van der Waals surface area contributed by atoms with E-state index in [0.29, 0.717) is 24.7 Å². The highest BCUT2D eigenvalue weighted by Gasteiger charge is 2.17. The van der Waals surface area contributed by atoms with Gasteiger partial charge in [-0.2, -0.15) is 4.98 Å². The minimum Gasteiger partial charge on any atom is -0.488 e. The van der Waals surface area contributed by atoms with Crippen molar-refractivity contribution in [2.45, 2.75) is 19.3 Å². The first-order valence-corrected chi connectivity index (χ1v) is 7.35. The van der Waals surface area contributed by atoms with E-state index in [1.165, 1.54) is 0 Å². The highest BCUT2D eigenvalue weighted by Crippen LogP contribution is 2.28. The van der Waals surface area contributed by atoms with Crippen LogP contribution in [0.2, 0.25) is 5.02 Å². The second-order valence-corrected chi connectivity index (χ2v) is 5.33. The Morgan fingerprint density at radius 1 is 1.38 bits per heavy atom. The third-order valence-electron chi connectivity index (χ3n) is 3.42. The van der Waals surface area contributed by atoms with Crippen LogP contribution in [0, 0.1) is 0 Å². The number of hydrogen-bond acceptors (Lipinski definition) is 4. The van der Waals surface area contributed by atoms with Crippen LogP contribution >= 0.6 is 11.6 Å². The molecule has 0 aliphatic carbocycles. The van der Waals surface area contributed by atoms with Crippen LogP contribution in [0.4, 0.5) is 5.82 Å². The van der Waals surface area contributed by atoms with Crippen LogP contribution in [0.15, 0.2) is 29.1 Å². The molecule has 1 aliphatic rings. The van der Waals surface area contributed by atoms with E-state index in [2.05, 4.69) is 15.3 Å². The molecule has 0 amide bonds. The van der Waals surface area contributed by atoms with Crippen molar-refractivity contribution in [3.8, 4) is 5.75 Å². The molecule has 2 aromatic rings. The molecule has 0 saturated heterocycles. The van der Waals surface area contributed by atoms with Crippen molar-refractivity contribution in [1.29, 1.82) is 0 Å². The fourth-order valence-corrected chi connectivity index (χ4v) is 2.63. The number of fused-ring (bicyclic) bond motifs is 1. The Morgan fingerprint density at radius 2 is 2.24 bits per heavy atom. The molecular weight excluding hydrogens is 290 g/mol. The van der Waals surface area contributed by atoms with Crippen LogP contribution in [-0.2, 0) is 12.8 Å². The molecule has 3 rings (SSSR count).